The number of fused-ring (bicyclic) bond motifs is 1. The number of aromatic nitrogens is 2. The van der Waals surface area contributed by atoms with E-state index in [1.54, 1.807) is 6.33 Å². The zero-order chi connectivity index (χ0) is 14.9. The van der Waals surface area contributed by atoms with Crippen LogP contribution in [0.25, 0.3) is 10.9 Å². The van der Waals surface area contributed by atoms with Crippen LogP contribution < -0.4 is 10.2 Å². The lowest BCUT2D eigenvalue weighted by Crippen LogP contribution is -2.41. The van der Waals surface area contributed by atoms with Gasteiger partial charge in [0.05, 0.1) is 5.52 Å². The van der Waals surface area contributed by atoms with Crippen molar-refractivity contribution in [2.45, 2.75) is 38.6 Å². The van der Waals surface area contributed by atoms with Crippen molar-refractivity contribution < 1.29 is 0 Å². The maximum Gasteiger partial charge on any atom is 0.140 e. The highest BCUT2D eigenvalue weighted by molar-refractivity contribution is 5.92. The third kappa shape index (κ3) is 2.45. The maximum atomic E-state index is 4.61. The Labute approximate surface area is 131 Å². The molecule has 0 saturated carbocycles. The van der Waals surface area contributed by atoms with E-state index in [9.17, 15) is 0 Å². The summed E-state index contributed by atoms with van der Waals surface area (Å²) in [4.78, 5) is 11.5. The molecule has 3 heterocycles. The number of hydrogen-bond donors (Lipinski definition) is 1. The predicted molar refractivity (Wildman–Crippen MR) is 90.2 cm³/mol. The lowest BCUT2D eigenvalue weighted by molar-refractivity contribution is 0.318. The van der Waals surface area contributed by atoms with Crippen molar-refractivity contribution in [1.82, 2.24) is 15.3 Å². The van der Waals surface area contributed by atoms with Gasteiger partial charge in [-0.3, -0.25) is 0 Å². The van der Waals surface area contributed by atoms with Crippen LogP contribution in [0.2, 0.25) is 0 Å². The molecule has 0 spiro atoms. The molecule has 1 aromatic heterocycles. The number of nitrogens with one attached hydrogen (secondary N) is 1. The number of nitrogens with zero attached hydrogens (tertiary/aromatic N) is 3. The van der Waals surface area contributed by atoms with E-state index < -0.39 is 0 Å². The molecule has 2 aliphatic rings. The van der Waals surface area contributed by atoms with Gasteiger partial charge in [-0.15, -0.1) is 0 Å². The summed E-state index contributed by atoms with van der Waals surface area (Å²) in [6.07, 6.45) is 6.96. The summed E-state index contributed by atoms with van der Waals surface area (Å²) in [5.74, 6) is 1.97. The Bertz CT molecular complexity index is 650. The van der Waals surface area contributed by atoms with Crippen molar-refractivity contribution in [3.8, 4) is 0 Å². The van der Waals surface area contributed by atoms with Gasteiger partial charge in [-0.25, -0.2) is 9.97 Å². The Balaban J connectivity index is 1.56. The number of piperidine rings is 1. The molecule has 0 radical (unpaired) electrons. The van der Waals surface area contributed by atoms with Crippen LogP contribution in [0.1, 0.15) is 31.2 Å². The Kier molecular flexibility index (Phi) is 3.70. The molecule has 2 aromatic rings. The molecule has 2 aliphatic heterocycles. The van der Waals surface area contributed by atoms with Gasteiger partial charge in [0.1, 0.15) is 12.1 Å². The van der Waals surface area contributed by atoms with Crippen molar-refractivity contribution in [1.29, 1.82) is 0 Å². The summed E-state index contributed by atoms with van der Waals surface area (Å²) in [7, 11) is 0. The number of anilines is 1. The molecule has 0 aliphatic carbocycles. The van der Waals surface area contributed by atoms with Crippen LogP contribution in [0, 0.1) is 12.8 Å². The molecule has 0 bridgehead atoms. The summed E-state index contributed by atoms with van der Waals surface area (Å²) in [5, 5.41) is 4.90. The molecule has 4 nitrogen and oxygen atoms in total. The SMILES string of the molecule is Cc1cccc2ncnc(N3CCC(C4CCCN4)CC3)c12. The number of hydrogen-bond acceptors (Lipinski definition) is 4. The highest BCUT2D eigenvalue weighted by Crippen LogP contribution is 2.31. The van der Waals surface area contributed by atoms with Gasteiger partial charge < -0.3 is 10.2 Å². The average molecular weight is 296 g/mol. The quantitative estimate of drug-likeness (QED) is 0.925. The molecule has 1 N–H and O–H groups in total. The highest BCUT2D eigenvalue weighted by atomic mass is 15.2. The number of aryl methyl sites for hydroxylation is 1. The van der Waals surface area contributed by atoms with E-state index in [2.05, 4.69) is 45.3 Å². The molecule has 22 heavy (non-hydrogen) atoms. The Hall–Kier alpha value is -1.68. The van der Waals surface area contributed by atoms with E-state index in [-0.39, 0.29) is 0 Å². The summed E-state index contributed by atoms with van der Waals surface area (Å²) < 4.78 is 0. The van der Waals surface area contributed by atoms with Crippen LogP contribution in [0.4, 0.5) is 5.82 Å². The molecule has 4 heteroatoms. The lowest BCUT2D eigenvalue weighted by atomic mass is 9.88. The minimum atomic E-state index is 0.756. The monoisotopic (exact) mass is 296 g/mol. The smallest absolute Gasteiger partial charge is 0.140 e. The zero-order valence-electron chi connectivity index (χ0n) is 13.3. The minimum absolute atomic E-state index is 0.756. The lowest BCUT2D eigenvalue weighted by Gasteiger charge is -2.36. The Morgan fingerprint density at radius 2 is 2.00 bits per heavy atom. The molecule has 116 valence electrons. The van der Waals surface area contributed by atoms with Crippen molar-refractivity contribution in [3.63, 3.8) is 0 Å². The third-order valence-corrected chi connectivity index (χ3v) is 5.36. The van der Waals surface area contributed by atoms with Crippen LogP contribution in [-0.2, 0) is 0 Å². The van der Waals surface area contributed by atoms with E-state index in [1.165, 1.54) is 43.2 Å². The summed E-state index contributed by atoms with van der Waals surface area (Å²) in [6.45, 7) is 5.59. The molecule has 2 fully saturated rings. The molecular formula is C18H24N4. The molecule has 1 atom stereocenters. The second kappa shape index (κ2) is 5.84. The second-order valence-electron chi connectivity index (χ2n) is 6.69. The molecule has 1 unspecified atom stereocenters. The maximum absolute atomic E-state index is 4.61. The van der Waals surface area contributed by atoms with E-state index in [1.807, 2.05) is 0 Å². The summed E-state index contributed by atoms with van der Waals surface area (Å²) >= 11 is 0. The third-order valence-electron chi connectivity index (χ3n) is 5.36. The zero-order valence-corrected chi connectivity index (χ0v) is 13.3. The van der Waals surface area contributed by atoms with Gasteiger partial charge in [-0.2, -0.15) is 0 Å². The minimum Gasteiger partial charge on any atom is -0.356 e. The van der Waals surface area contributed by atoms with Crippen molar-refractivity contribution in [2.24, 2.45) is 5.92 Å². The largest absolute Gasteiger partial charge is 0.356 e. The fourth-order valence-corrected chi connectivity index (χ4v) is 4.13. The fourth-order valence-electron chi connectivity index (χ4n) is 4.13. The van der Waals surface area contributed by atoms with Gasteiger partial charge in [-0.05, 0) is 56.7 Å². The van der Waals surface area contributed by atoms with E-state index in [4.69, 9.17) is 0 Å². The number of rotatable bonds is 2. The van der Waals surface area contributed by atoms with Gasteiger partial charge >= 0.3 is 0 Å². The first-order valence-corrected chi connectivity index (χ1v) is 8.51. The standard InChI is InChI=1S/C18H24N4/c1-13-4-2-5-16-17(13)18(21-12-20-16)22-10-7-14(8-11-22)15-6-3-9-19-15/h2,4-5,12,14-15,19H,3,6-11H2,1H3. The van der Waals surface area contributed by atoms with E-state index >= 15 is 0 Å². The van der Waals surface area contributed by atoms with Gasteiger partial charge in [0.2, 0.25) is 0 Å². The first-order valence-electron chi connectivity index (χ1n) is 8.51. The summed E-state index contributed by atoms with van der Waals surface area (Å²) in [6, 6.07) is 7.07. The van der Waals surface area contributed by atoms with E-state index in [0.29, 0.717) is 0 Å². The number of benzene rings is 1. The first-order chi connectivity index (χ1) is 10.8. The van der Waals surface area contributed by atoms with Crippen LogP contribution in [-0.4, -0.2) is 35.6 Å². The van der Waals surface area contributed by atoms with Gasteiger partial charge in [-0.1, -0.05) is 12.1 Å². The van der Waals surface area contributed by atoms with Gasteiger partial charge in [0.25, 0.3) is 0 Å². The van der Waals surface area contributed by atoms with E-state index in [0.717, 1.165) is 36.4 Å². The molecular weight excluding hydrogens is 272 g/mol. The Morgan fingerprint density at radius 3 is 2.77 bits per heavy atom. The first kappa shape index (κ1) is 13.9. The van der Waals surface area contributed by atoms with Crippen LogP contribution in [0.15, 0.2) is 24.5 Å². The highest BCUT2D eigenvalue weighted by Gasteiger charge is 2.29. The van der Waals surface area contributed by atoms with Crippen LogP contribution in [0.5, 0.6) is 0 Å². The van der Waals surface area contributed by atoms with Crippen molar-refractivity contribution in [3.05, 3.63) is 30.1 Å². The fraction of sp³-hybridized carbons (Fsp3) is 0.556. The Morgan fingerprint density at radius 1 is 1.14 bits per heavy atom. The van der Waals surface area contributed by atoms with Crippen LogP contribution in [0.3, 0.4) is 0 Å². The average Bonchev–Trinajstić information content (AvgIpc) is 3.09. The summed E-state index contributed by atoms with van der Waals surface area (Å²) in [5.41, 5.74) is 2.33. The predicted octanol–water partition coefficient (Wildman–Crippen LogP) is 2.91. The van der Waals surface area contributed by atoms with Crippen molar-refractivity contribution >= 4 is 16.7 Å². The van der Waals surface area contributed by atoms with Crippen molar-refractivity contribution in [2.75, 3.05) is 24.5 Å². The van der Waals surface area contributed by atoms with Gasteiger partial charge in [0, 0.05) is 24.5 Å². The topological polar surface area (TPSA) is 41.1 Å². The second-order valence-corrected chi connectivity index (χ2v) is 6.69. The molecule has 4 rings (SSSR count). The normalized spacial score (nSPS) is 23.3. The molecule has 1 aromatic carbocycles. The van der Waals surface area contributed by atoms with Gasteiger partial charge in [0.15, 0.2) is 0 Å². The molecule has 0 amide bonds. The molecule has 2 saturated heterocycles. The van der Waals surface area contributed by atoms with Crippen LogP contribution >= 0.6 is 0 Å².